The molecule has 0 aromatic carbocycles. The van der Waals surface area contributed by atoms with Crippen LogP contribution in [0.5, 0.6) is 0 Å². The van der Waals surface area contributed by atoms with Crippen molar-refractivity contribution < 1.29 is 17.9 Å². The normalized spacial score (nSPS) is 18.8. The number of aromatic amines is 1. The maximum absolute atomic E-state index is 12.7. The van der Waals surface area contributed by atoms with E-state index in [0.717, 1.165) is 12.1 Å². The highest BCUT2D eigenvalue weighted by Gasteiger charge is 2.33. The number of rotatable bonds is 4. The summed E-state index contributed by atoms with van der Waals surface area (Å²) >= 11 is 0. The van der Waals surface area contributed by atoms with Crippen molar-refractivity contribution in [2.75, 3.05) is 26.0 Å². The first kappa shape index (κ1) is 16.7. The van der Waals surface area contributed by atoms with Gasteiger partial charge in [-0.15, -0.1) is 0 Å². The number of carbonyl (C=O) groups is 1. The van der Waals surface area contributed by atoms with Crippen LogP contribution in [0.25, 0.3) is 0 Å². The zero-order valence-corrected chi connectivity index (χ0v) is 14.3. The van der Waals surface area contributed by atoms with Crippen LogP contribution in [0.3, 0.4) is 0 Å². The van der Waals surface area contributed by atoms with Gasteiger partial charge < -0.3 is 14.2 Å². The average molecular weight is 353 g/mol. The minimum absolute atomic E-state index is 0.0922. The maximum Gasteiger partial charge on any atom is 0.243 e. The molecule has 1 amide bonds. The molecule has 0 radical (unpaired) electrons. The summed E-state index contributed by atoms with van der Waals surface area (Å²) in [4.78, 5) is 18.5. The van der Waals surface area contributed by atoms with Gasteiger partial charge in [-0.25, -0.2) is 13.4 Å². The van der Waals surface area contributed by atoms with E-state index in [0.29, 0.717) is 18.8 Å². The van der Waals surface area contributed by atoms with Gasteiger partial charge in [-0.1, -0.05) is 0 Å². The Labute approximate surface area is 139 Å². The van der Waals surface area contributed by atoms with Gasteiger partial charge in [-0.3, -0.25) is 9.89 Å². The summed E-state index contributed by atoms with van der Waals surface area (Å²) < 4.78 is 31.0. The summed E-state index contributed by atoms with van der Waals surface area (Å²) in [5.41, 5.74) is 0.382. The van der Waals surface area contributed by atoms with Gasteiger partial charge in [0.25, 0.3) is 0 Å². The van der Waals surface area contributed by atoms with Crippen LogP contribution in [0.1, 0.15) is 17.6 Å². The SMILES string of the molecule is Cc1nccn1CC(=O)N1CCOCC1c1[nH]ncc1S(C)(=O)=O. The molecule has 1 N–H and O–H groups in total. The Kier molecular flexibility index (Phi) is 4.41. The van der Waals surface area contributed by atoms with Crippen molar-refractivity contribution in [3.05, 3.63) is 30.1 Å². The third kappa shape index (κ3) is 3.20. The van der Waals surface area contributed by atoms with Crippen LogP contribution in [0.2, 0.25) is 0 Å². The summed E-state index contributed by atoms with van der Waals surface area (Å²) in [6, 6.07) is -0.512. The van der Waals surface area contributed by atoms with Gasteiger partial charge in [0.1, 0.15) is 17.3 Å². The minimum atomic E-state index is -3.45. The smallest absolute Gasteiger partial charge is 0.243 e. The Balaban J connectivity index is 1.88. The summed E-state index contributed by atoms with van der Waals surface area (Å²) in [5, 5.41) is 6.55. The molecule has 3 rings (SSSR count). The number of hydrogen-bond donors (Lipinski definition) is 1. The van der Waals surface area contributed by atoms with Crippen LogP contribution in [0, 0.1) is 6.92 Å². The predicted molar refractivity (Wildman–Crippen MR) is 83.9 cm³/mol. The molecule has 3 heterocycles. The Morgan fingerprint density at radius 1 is 1.50 bits per heavy atom. The third-order valence-corrected chi connectivity index (χ3v) is 5.17. The fourth-order valence-corrected chi connectivity index (χ4v) is 3.59. The topological polar surface area (TPSA) is 110 Å². The lowest BCUT2D eigenvalue weighted by atomic mass is 10.1. The summed E-state index contributed by atoms with van der Waals surface area (Å²) in [5.74, 6) is 0.616. The molecule has 1 atom stereocenters. The van der Waals surface area contributed by atoms with Crippen molar-refractivity contribution in [3.8, 4) is 0 Å². The molecule has 24 heavy (non-hydrogen) atoms. The number of aromatic nitrogens is 4. The number of carbonyl (C=O) groups excluding carboxylic acids is 1. The van der Waals surface area contributed by atoms with Crippen LogP contribution < -0.4 is 0 Å². The van der Waals surface area contributed by atoms with Crippen molar-refractivity contribution in [3.63, 3.8) is 0 Å². The first-order chi connectivity index (χ1) is 11.4. The lowest BCUT2D eigenvalue weighted by Crippen LogP contribution is -2.45. The largest absolute Gasteiger partial charge is 0.377 e. The number of hydrogen-bond acceptors (Lipinski definition) is 6. The lowest BCUT2D eigenvalue weighted by Gasteiger charge is -2.35. The molecule has 2 aromatic rings. The molecular formula is C14H19N5O4S. The van der Waals surface area contributed by atoms with Gasteiger partial charge in [0, 0.05) is 25.2 Å². The molecule has 1 fully saturated rings. The number of amides is 1. The van der Waals surface area contributed by atoms with E-state index in [-0.39, 0.29) is 24.0 Å². The Morgan fingerprint density at radius 3 is 2.96 bits per heavy atom. The minimum Gasteiger partial charge on any atom is -0.377 e. The second-order valence-electron chi connectivity index (χ2n) is 5.70. The zero-order valence-electron chi connectivity index (χ0n) is 13.5. The number of aryl methyl sites for hydroxylation is 1. The highest BCUT2D eigenvalue weighted by atomic mass is 32.2. The molecule has 1 aliphatic rings. The highest BCUT2D eigenvalue weighted by Crippen LogP contribution is 2.28. The van der Waals surface area contributed by atoms with Gasteiger partial charge in [0.15, 0.2) is 9.84 Å². The van der Waals surface area contributed by atoms with Crippen LogP contribution >= 0.6 is 0 Å². The van der Waals surface area contributed by atoms with Gasteiger partial charge in [0.05, 0.1) is 31.1 Å². The van der Waals surface area contributed by atoms with E-state index < -0.39 is 15.9 Å². The van der Waals surface area contributed by atoms with E-state index in [9.17, 15) is 13.2 Å². The van der Waals surface area contributed by atoms with Crippen molar-refractivity contribution in [1.29, 1.82) is 0 Å². The van der Waals surface area contributed by atoms with Crippen LogP contribution in [0.4, 0.5) is 0 Å². The van der Waals surface area contributed by atoms with E-state index in [2.05, 4.69) is 15.2 Å². The first-order valence-electron chi connectivity index (χ1n) is 7.46. The molecule has 1 aliphatic heterocycles. The number of morpholine rings is 1. The quantitative estimate of drug-likeness (QED) is 0.823. The number of H-pyrrole nitrogens is 1. The number of imidazole rings is 1. The molecule has 1 saturated heterocycles. The van der Waals surface area contributed by atoms with Crippen LogP contribution in [-0.2, 0) is 25.9 Å². The van der Waals surface area contributed by atoms with E-state index in [1.807, 2.05) is 6.92 Å². The van der Waals surface area contributed by atoms with Crippen molar-refractivity contribution >= 4 is 15.7 Å². The van der Waals surface area contributed by atoms with Gasteiger partial charge in [0.2, 0.25) is 5.91 Å². The summed E-state index contributed by atoms with van der Waals surface area (Å²) in [6.45, 7) is 2.98. The third-order valence-electron chi connectivity index (χ3n) is 4.04. The van der Waals surface area contributed by atoms with Crippen molar-refractivity contribution in [2.24, 2.45) is 0 Å². The molecule has 1 unspecified atom stereocenters. The summed E-state index contributed by atoms with van der Waals surface area (Å²) in [6.07, 6.45) is 5.75. The second kappa shape index (κ2) is 6.36. The fourth-order valence-electron chi connectivity index (χ4n) is 2.77. The molecule has 0 bridgehead atoms. The Bertz CT molecular complexity index is 841. The maximum atomic E-state index is 12.7. The monoisotopic (exact) mass is 353 g/mol. The molecule has 0 spiro atoms. The molecule has 9 nitrogen and oxygen atoms in total. The van der Waals surface area contributed by atoms with Gasteiger partial charge >= 0.3 is 0 Å². The van der Waals surface area contributed by atoms with E-state index >= 15 is 0 Å². The van der Waals surface area contributed by atoms with E-state index in [1.165, 1.54) is 6.20 Å². The Hall–Kier alpha value is -2.20. The lowest BCUT2D eigenvalue weighted by molar-refractivity contribution is -0.141. The molecule has 0 saturated carbocycles. The molecule has 2 aromatic heterocycles. The molecule has 0 aliphatic carbocycles. The number of sulfone groups is 1. The first-order valence-corrected chi connectivity index (χ1v) is 9.35. The standard InChI is InChI=1S/C14H19N5O4S/c1-10-15-3-4-18(10)8-13(20)19-5-6-23-9-11(19)14-12(7-16-17-14)24(2,21)22/h3-4,7,11H,5-6,8-9H2,1-2H3,(H,16,17). The van der Waals surface area contributed by atoms with Crippen LogP contribution in [-0.4, -0.2) is 65.0 Å². The van der Waals surface area contributed by atoms with Gasteiger partial charge in [-0.05, 0) is 6.92 Å². The van der Waals surface area contributed by atoms with Crippen molar-refractivity contribution in [1.82, 2.24) is 24.6 Å². The highest BCUT2D eigenvalue weighted by molar-refractivity contribution is 7.90. The average Bonchev–Trinajstić information content (AvgIpc) is 3.16. The summed E-state index contributed by atoms with van der Waals surface area (Å²) in [7, 11) is -3.45. The molecule has 10 heteroatoms. The van der Waals surface area contributed by atoms with Gasteiger partial charge in [-0.2, -0.15) is 5.10 Å². The number of nitrogens with zero attached hydrogens (tertiary/aromatic N) is 4. The van der Waals surface area contributed by atoms with Crippen molar-refractivity contribution in [2.45, 2.75) is 24.4 Å². The van der Waals surface area contributed by atoms with E-state index in [4.69, 9.17) is 4.74 Å². The number of ether oxygens (including phenoxy) is 1. The van der Waals surface area contributed by atoms with Crippen LogP contribution in [0.15, 0.2) is 23.5 Å². The fraction of sp³-hybridized carbons (Fsp3) is 0.500. The molecule has 130 valence electrons. The Morgan fingerprint density at radius 2 is 2.29 bits per heavy atom. The molecular weight excluding hydrogens is 334 g/mol. The predicted octanol–water partition coefficient (Wildman–Crippen LogP) is -0.0818. The van der Waals surface area contributed by atoms with E-state index in [1.54, 1.807) is 21.9 Å². The zero-order chi connectivity index (χ0) is 17.3. The second-order valence-corrected chi connectivity index (χ2v) is 7.68. The number of nitrogens with one attached hydrogen (secondary N) is 1.